The van der Waals surface area contributed by atoms with Gasteiger partial charge in [-0.15, -0.1) is 11.3 Å². The van der Waals surface area contributed by atoms with Crippen molar-refractivity contribution in [2.75, 3.05) is 19.1 Å². The van der Waals surface area contributed by atoms with E-state index >= 15 is 0 Å². The number of aromatic nitrogens is 1. The molecule has 1 heterocycles. The Kier molecular flexibility index (Phi) is 6.55. The number of halogens is 1. The second-order valence-corrected chi connectivity index (χ2v) is 5.66. The van der Waals surface area contributed by atoms with Crippen LogP contribution in [0.4, 0.5) is 15.2 Å². The van der Waals surface area contributed by atoms with Gasteiger partial charge in [0.25, 0.3) is 0 Å². The highest BCUT2D eigenvalue weighted by molar-refractivity contribution is 7.13. The van der Waals surface area contributed by atoms with Crippen molar-refractivity contribution in [2.45, 2.75) is 13.3 Å². The molecule has 0 saturated carbocycles. The first-order valence-corrected chi connectivity index (χ1v) is 8.23. The zero-order valence-electron chi connectivity index (χ0n) is 13.9. The Morgan fingerprint density at radius 2 is 2.31 bits per heavy atom. The van der Waals surface area contributed by atoms with Crippen molar-refractivity contribution >= 4 is 34.3 Å². The number of methoxy groups -OCH3 is 1. The maximum absolute atomic E-state index is 13.9. The Balaban J connectivity index is 2.07. The number of hydrogen-bond acceptors (Lipinski definition) is 9. The van der Waals surface area contributed by atoms with Crippen molar-refractivity contribution in [3.63, 3.8) is 0 Å². The van der Waals surface area contributed by atoms with Crippen molar-refractivity contribution < 1.29 is 23.6 Å². The van der Waals surface area contributed by atoms with Crippen LogP contribution in [0.5, 0.6) is 5.75 Å². The van der Waals surface area contributed by atoms with Gasteiger partial charge in [0.15, 0.2) is 5.75 Å². The molecule has 0 saturated heterocycles. The van der Waals surface area contributed by atoms with Crippen molar-refractivity contribution in [1.29, 1.82) is 0 Å². The molecule has 9 nitrogen and oxygen atoms in total. The molecule has 0 aliphatic carbocycles. The fourth-order valence-corrected chi connectivity index (χ4v) is 2.58. The monoisotopic (exact) mass is 382 g/mol. The van der Waals surface area contributed by atoms with Crippen LogP contribution in [-0.2, 0) is 16.0 Å². The molecule has 0 bridgehead atoms. The number of carbonyl (C=O) groups excluding carboxylic acids is 1. The predicted octanol–water partition coefficient (Wildman–Crippen LogP) is 2.75. The van der Waals surface area contributed by atoms with Gasteiger partial charge in [-0.3, -0.25) is 20.3 Å². The molecule has 1 N–H and O–H groups in total. The van der Waals surface area contributed by atoms with E-state index in [-0.39, 0.29) is 36.0 Å². The highest BCUT2D eigenvalue weighted by Crippen LogP contribution is 2.29. The standard InChI is InChI=1S/C15H15FN4O5S/c1-3-25-14(21)5-10-8-26-15(18-10)19-17-7-9-4-12(20(22)23)13(24-2)6-11(9)16/h4,6-8H,3,5H2,1-2H3,(H,18,19). The highest BCUT2D eigenvalue weighted by Gasteiger charge is 2.18. The molecule has 0 unspecified atom stereocenters. The van der Waals surface area contributed by atoms with Crippen molar-refractivity contribution in [2.24, 2.45) is 5.10 Å². The van der Waals surface area contributed by atoms with Crippen LogP contribution >= 0.6 is 11.3 Å². The lowest BCUT2D eigenvalue weighted by molar-refractivity contribution is -0.385. The Morgan fingerprint density at radius 3 is 2.96 bits per heavy atom. The molecule has 0 amide bonds. The van der Waals surface area contributed by atoms with Gasteiger partial charge in [-0.2, -0.15) is 5.10 Å². The summed E-state index contributed by atoms with van der Waals surface area (Å²) in [5.74, 6) is -1.29. The summed E-state index contributed by atoms with van der Waals surface area (Å²) in [4.78, 5) is 25.8. The van der Waals surface area contributed by atoms with E-state index in [0.717, 1.165) is 18.3 Å². The maximum atomic E-state index is 13.9. The number of nitro benzene ring substituents is 1. The van der Waals surface area contributed by atoms with Gasteiger partial charge in [0.1, 0.15) is 5.82 Å². The van der Waals surface area contributed by atoms with Crippen LogP contribution in [0.1, 0.15) is 18.2 Å². The summed E-state index contributed by atoms with van der Waals surface area (Å²) < 4.78 is 23.5. The van der Waals surface area contributed by atoms with E-state index in [1.54, 1.807) is 12.3 Å². The van der Waals surface area contributed by atoms with E-state index in [4.69, 9.17) is 9.47 Å². The number of esters is 1. The smallest absolute Gasteiger partial charge is 0.311 e. The largest absolute Gasteiger partial charge is 0.490 e. The van der Waals surface area contributed by atoms with E-state index in [0.29, 0.717) is 10.8 Å². The molecule has 26 heavy (non-hydrogen) atoms. The molecule has 0 aliphatic rings. The number of rotatable bonds is 8. The lowest BCUT2D eigenvalue weighted by Crippen LogP contribution is -2.07. The van der Waals surface area contributed by atoms with E-state index in [2.05, 4.69) is 15.5 Å². The average molecular weight is 382 g/mol. The predicted molar refractivity (Wildman–Crippen MR) is 93.3 cm³/mol. The van der Waals surface area contributed by atoms with Gasteiger partial charge in [0.2, 0.25) is 5.13 Å². The number of carbonyl (C=O) groups is 1. The van der Waals surface area contributed by atoms with E-state index < -0.39 is 10.7 Å². The number of nitrogens with zero attached hydrogens (tertiary/aromatic N) is 3. The lowest BCUT2D eigenvalue weighted by atomic mass is 10.2. The summed E-state index contributed by atoms with van der Waals surface area (Å²) in [7, 11) is 1.22. The Morgan fingerprint density at radius 1 is 1.54 bits per heavy atom. The Labute approximate surface area is 151 Å². The number of ether oxygens (including phenoxy) is 2. The van der Waals surface area contributed by atoms with Gasteiger partial charge in [-0.25, -0.2) is 9.37 Å². The third kappa shape index (κ3) is 4.96. The second kappa shape index (κ2) is 8.85. The first-order valence-electron chi connectivity index (χ1n) is 7.35. The number of nitrogens with one attached hydrogen (secondary N) is 1. The molecular weight excluding hydrogens is 367 g/mol. The molecule has 138 valence electrons. The molecule has 2 rings (SSSR count). The maximum Gasteiger partial charge on any atom is 0.311 e. The molecule has 0 radical (unpaired) electrons. The Bertz CT molecular complexity index is 839. The van der Waals surface area contributed by atoms with Gasteiger partial charge in [-0.05, 0) is 6.92 Å². The first kappa shape index (κ1) is 19.2. The van der Waals surface area contributed by atoms with Crippen LogP contribution in [-0.4, -0.2) is 35.8 Å². The third-order valence-corrected chi connectivity index (χ3v) is 3.84. The number of benzene rings is 1. The van der Waals surface area contributed by atoms with Gasteiger partial charge in [0.05, 0.1) is 37.0 Å². The summed E-state index contributed by atoms with van der Waals surface area (Å²) in [6.45, 7) is 2.00. The van der Waals surface area contributed by atoms with Crippen LogP contribution in [0.15, 0.2) is 22.6 Å². The minimum atomic E-state index is -0.722. The van der Waals surface area contributed by atoms with E-state index in [1.165, 1.54) is 18.4 Å². The van der Waals surface area contributed by atoms with Gasteiger partial charge >= 0.3 is 11.7 Å². The molecular formula is C15H15FN4O5S. The highest BCUT2D eigenvalue weighted by atomic mass is 32.1. The number of thiazole rings is 1. The van der Waals surface area contributed by atoms with Gasteiger partial charge in [-0.1, -0.05) is 0 Å². The molecule has 0 atom stereocenters. The summed E-state index contributed by atoms with van der Waals surface area (Å²) in [5, 5.41) is 16.8. The Hall–Kier alpha value is -3.08. The number of anilines is 1. The van der Waals surface area contributed by atoms with Crippen LogP contribution in [0.25, 0.3) is 0 Å². The SMILES string of the molecule is CCOC(=O)Cc1csc(NN=Cc2cc([N+](=O)[O-])c(OC)cc2F)n1. The molecule has 0 aliphatic heterocycles. The van der Waals surface area contributed by atoms with Gasteiger partial charge < -0.3 is 9.47 Å². The first-order chi connectivity index (χ1) is 12.4. The van der Waals surface area contributed by atoms with E-state index in [1.807, 2.05) is 0 Å². The molecule has 0 spiro atoms. The normalized spacial score (nSPS) is 10.7. The number of hydrazone groups is 1. The van der Waals surface area contributed by atoms with E-state index in [9.17, 15) is 19.3 Å². The fourth-order valence-electron chi connectivity index (χ4n) is 1.92. The zero-order valence-corrected chi connectivity index (χ0v) is 14.7. The molecule has 0 fully saturated rings. The van der Waals surface area contributed by atoms with Crippen LogP contribution in [0, 0.1) is 15.9 Å². The molecule has 1 aromatic heterocycles. The van der Waals surface area contributed by atoms with Crippen molar-refractivity contribution in [3.8, 4) is 5.75 Å². The third-order valence-electron chi connectivity index (χ3n) is 3.04. The van der Waals surface area contributed by atoms with Crippen molar-refractivity contribution in [1.82, 2.24) is 4.98 Å². The minimum Gasteiger partial charge on any atom is -0.490 e. The summed E-state index contributed by atoms with van der Waals surface area (Å²) >= 11 is 1.20. The minimum absolute atomic E-state index is 0.0367. The summed E-state index contributed by atoms with van der Waals surface area (Å²) in [6.07, 6.45) is 1.13. The fraction of sp³-hybridized carbons (Fsp3) is 0.267. The average Bonchev–Trinajstić information content (AvgIpc) is 3.03. The molecule has 11 heteroatoms. The van der Waals surface area contributed by atoms with Crippen LogP contribution in [0.2, 0.25) is 0 Å². The summed E-state index contributed by atoms with van der Waals surface area (Å²) in [6, 6.07) is 1.94. The lowest BCUT2D eigenvalue weighted by Gasteiger charge is -2.03. The molecule has 2 aromatic rings. The quantitative estimate of drug-likeness (QED) is 0.323. The topological polar surface area (TPSA) is 116 Å². The van der Waals surface area contributed by atoms with Crippen LogP contribution < -0.4 is 10.2 Å². The van der Waals surface area contributed by atoms with Crippen LogP contribution in [0.3, 0.4) is 0 Å². The second-order valence-electron chi connectivity index (χ2n) is 4.80. The van der Waals surface area contributed by atoms with Crippen molar-refractivity contribution in [3.05, 3.63) is 44.7 Å². The van der Waals surface area contributed by atoms with Gasteiger partial charge in [0, 0.05) is 23.1 Å². The molecule has 1 aromatic carbocycles. The number of hydrogen-bond donors (Lipinski definition) is 1. The number of nitro groups is 1. The summed E-state index contributed by atoms with van der Waals surface area (Å²) in [5.41, 5.74) is 2.63. The zero-order chi connectivity index (χ0) is 19.1.